The van der Waals surface area contributed by atoms with Gasteiger partial charge in [-0.15, -0.1) is 0 Å². The Labute approximate surface area is 170 Å². The van der Waals surface area contributed by atoms with Crippen molar-refractivity contribution < 1.29 is 14.3 Å². The first-order valence-corrected chi connectivity index (χ1v) is 11.3. The molecule has 5 nitrogen and oxygen atoms in total. The van der Waals surface area contributed by atoms with Crippen LogP contribution in [0.3, 0.4) is 0 Å². The number of amides is 2. The number of ether oxygens (including phenoxy) is 1. The Balaban J connectivity index is 2.48. The average Bonchev–Trinajstić information content (AvgIpc) is 2.56. The number of nitrogens with one attached hydrogen (secondary N) is 2. The molecule has 158 valence electrons. The van der Waals surface area contributed by atoms with Gasteiger partial charge in [-0.2, -0.15) is 11.8 Å². The molecule has 0 aromatic heterocycles. The van der Waals surface area contributed by atoms with Crippen LogP contribution in [0.1, 0.15) is 86.5 Å². The molecule has 1 aliphatic rings. The second-order valence-corrected chi connectivity index (χ2v) is 11.2. The number of hydrogen-bond acceptors (Lipinski definition) is 4. The minimum Gasteiger partial charge on any atom is -0.444 e. The number of thioether (sulfide) groups is 1. The maximum Gasteiger partial charge on any atom is 0.407 e. The molecule has 0 bridgehead atoms. The number of rotatable bonds is 9. The van der Waals surface area contributed by atoms with Crippen molar-refractivity contribution in [2.24, 2.45) is 5.41 Å². The van der Waals surface area contributed by atoms with Gasteiger partial charge >= 0.3 is 6.09 Å². The van der Waals surface area contributed by atoms with Crippen molar-refractivity contribution in [3.63, 3.8) is 0 Å². The molecule has 0 heterocycles. The molecule has 2 amide bonds. The normalized spacial score (nSPS) is 17.3. The molecule has 0 spiro atoms. The van der Waals surface area contributed by atoms with Crippen LogP contribution in [-0.4, -0.2) is 41.2 Å². The smallest absolute Gasteiger partial charge is 0.407 e. The first kappa shape index (κ1) is 24.1. The monoisotopic (exact) mass is 400 g/mol. The third-order valence-electron chi connectivity index (χ3n) is 5.22. The van der Waals surface area contributed by atoms with Crippen molar-refractivity contribution in [1.29, 1.82) is 0 Å². The predicted octanol–water partition coefficient (Wildman–Crippen LogP) is 4.89. The second kappa shape index (κ2) is 10.6. The number of alkyl carbamates (subject to hydrolysis) is 1. The van der Waals surface area contributed by atoms with Crippen LogP contribution >= 0.6 is 11.8 Å². The Hall–Kier alpha value is -0.910. The minimum atomic E-state index is -0.509. The molecule has 1 fully saturated rings. The highest BCUT2D eigenvalue weighted by molar-refractivity contribution is 8.00. The van der Waals surface area contributed by atoms with Crippen LogP contribution in [0.25, 0.3) is 0 Å². The van der Waals surface area contributed by atoms with Crippen molar-refractivity contribution in [2.75, 3.05) is 18.8 Å². The van der Waals surface area contributed by atoms with Crippen molar-refractivity contribution in [3.8, 4) is 0 Å². The molecule has 0 atom stereocenters. The highest BCUT2D eigenvalue weighted by Crippen LogP contribution is 2.39. The van der Waals surface area contributed by atoms with E-state index in [4.69, 9.17) is 4.74 Å². The van der Waals surface area contributed by atoms with Gasteiger partial charge < -0.3 is 15.4 Å². The van der Waals surface area contributed by atoms with Crippen LogP contribution in [0.2, 0.25) is 0 Å². The third kappa shape index (κ3) is 10.3. The molecule has 27 heavy (non-hydrogen) atoms. The third-order valence-corrected chi connectivity index (χ3v) is 6.70. The Kier molecular flexibility index (Phi) is 9.46. The van der Waals surface area contributed by atoms with Gasteiger partial charge in [-0.1, -0.05) is 40.0 Å². The Bertz CT molecular complexity index is 480. The lowest BCUT2D eigenvalue weighted by Gasteiger charge is -2.37. The maximum atomic E-state index is 12.5. The highest BCUT2D eigenvalue weighted by Gasteiger charge is 2.35. The van der Waals surface area contributed by atoms with Crippen molar-refractivity contribution in [2.45, 2.75) is 96.8 Å². The van der Waals surface area contributed by atoms with E-state index in [0.29, 0.717) is 19.5 Å². The van der Waals surface area contributed by atoms with E-state index in [0.717, 1.165) is 37.9 Å². The molecule has 0 aromatic carbocycles. The van der Waals surface area contributed by atoms with Crippen LogP contribution in [0.4, 0.5) is 4.79 Å². The van der Waals surface area contributed by atoms with Crippen LogP contribution < -0.4 is 10.6 Å². The fourth-order valence-corrected chi connectivity index (χ4v) is 4.28. The summed E-state index contributed by atoms with van der Waals surface area (Å²) in [4.78, 5) is 24.5. The van der Waals surface area contributed by atoms with Gasteiger partial charge in [0.05, 0.1) is 0 Å². The molecular formula is C21H40N2O3S. The lowest BCUT2D eigenvalue weighted by molar-refractivity contribution is -0.123. The van der Waals surface area contributed by atoms with Gasteiger partial charge in [0, 0.05) is 30.0 Å². The van der Waals surface area contributed by atoms with Crippen molar-refractivity contribution in [3.05, 3.63) is 0 Å². The van der Waals surface area contributed by atoms with E-state index in [1.807, 2.05) is 32.5 Å². The zero-order valence-electron chi connectivity index (χ0n) is 18.2. The van der Waals surface area contributed by atoms with Gasteiger partial charge in [-0.25, -0.2) is 4.79 Å². The minimum absolute atomic E-state index is 0.0952. The molecule has 1 saturated carbocycles. The first-order chi connectivity index (χ1) is 12.5. The highest BCUT2D eigenvalue weighted by atomic mass is 32.2. The molecular weight excluding hydrogens is 360 g/mol. The Morgan fingerprint density at radius 2 is 1.67 bits per heavy atom. The first-order valence-electron chi connectivity index (χ1n) is 10.3. The van der Waals surface area contributed by atoms with Crippen molar-refractivity contribution >= 4 is 23.8 Å². The van der Waals surface area contributed by atoms with E-state index < -0.39 is 11.7 Å². The molecule has 0 saturated heterocycles. The Morgan fingerprint density at radius 1 is 1.04 bits per heavy atom. The van der Waals surface area contributed by atoms with E-state index in [2.05, 4.69) is 31.4 Å². The summed E-state index contributed by atoms with van der Waals surface area (Å²) in [6.07, 6.45) is 6.59. The van der Waals surface area contributed by atoms with Gasteiger partial charge in [-0.3, -0.25) is 4.79 Å². The van der Waals surface area contributed by atoms with Gasteiger partial charge in [-0.05, 0) is 45.4 Å². The van der Waals surface area contributed by atoms with Gasteiger partial charge in [0.15, 0.2) is 0 Å². The van der Waals surface area contributed by atoms with Crippen molar-refractivity contribution in [1.82, 2.24) is 10.6 Å². The topological polar surface area (TPSA) is 67.4 Å². The molecule has 1 aliphatic carbocycles. The summed E-state index contributed by atoms with van der Waals surface area (Å²) in [5.41, 5.74) is -0.653. The summed E-state index contributed by atoms with van der Waals surface area (Å²) in [7, 11) is 0. The van der Waals surface area contributed by atoms with E-state index in [1.54, 1.807) is 0 Å². The summed E-state index contributed by atoms with van der Waals surface area (Å²) >= 11 is 1.90. The molecule has 2 N–H and O–H groups in total. The summed E-state index contributed by atoms with van der Waals surface area (Å²) in [6.45, 7) is 13.4. The molecule has 6 heteroatoms. The summed E-state index contributed by atoms with van der Waals surface area (Å²) in [5, 5.41) is 5.98. The zero-order chi connectivity index (χ0) is 20.6. The van der Waals surface area contributed by atoms with E-state index in [-0.39, 0.29) is 16.1 Å². The molecule has 0 radical (unpaired) electrons. The number of carbonyl (C=O) groups excluding carboxylic acids is 2. The van der Waals surface area contributed by atoms with E-state index in [9.17, 15) is 9.59 Å². The maximum absolute atomic E-state index is 12.5. The van der Waals surface area contributed by atoms with Gasteiger partial charge in [0.1, 0.15) is 5.60 Å². The van der Waals surface area contributed by atoms with Gasteiger partial charge in [0.2, 0.25) is 5.91 Å². The standard InChI is InChI=1S/C21H40N2O3S/c1-7-20(5,6)27-14-13-22-17(24)15-21(11-9-8-10-12-21)16-23-18(25)26-19(2,3)4/h7-16H2,1-6H3,(H,22,24)(H,23,25). The lowest BCUT2D eigenvalue weighted by atomic mass is 9.71. The SMILES string of the molecule is CCC(C)(C)SCCNC(=O)CC1(CNC(=O)OC(C)(C)C)CCCCC1. The van der Waals surface area contributed by atoms with Crippen LogP contribution in [0.15, 0.2) is 0 Å². The molecule has 0 aliphatic heterocycles. The lowest BCUT2D eigenvalue weighted by Crippen LogP contribution is -2.44. The van der Waals surface area contributed by atoms with E-state index in [1.165, 1.54) is 6.42 Å². The fraction of sp³-hybridized carbons (Fsp3) is 0.905. The number of carbonyl (C=O) groups is 2. The Morgan fingerprint density at radius 3 is 2.22 bits per heavy atom. The van der Waals surface area contributed by atoms with Crippen LogP contribution in [0, 0.1) is 5.41 Å². The summed E-state index contributed by atoms with van der Waals surface area (Å²) < 4.78 is 5.60. The van der Waals surface area contributed by atoms with Crippen LogP contribution in [-0.2, 0) is 9.53 Å². The van der Waals surface area contributed by atoms with Crippen LogP contribution in [0.5, 0.6) is 0 Å². The second-order valence-electron chi connectivity index (χ2n) is 9.40. The average molecular weight is 401 g/mol. The fourth-order valence-electron chi connectivity index (χ4n) is 3.31. The molecule has 0 unspecified atom stereocenters. The number of hydrogen-bond donors (Lipinski definition) is 2. The van der Waals surface area contributed by atoms with Gasteiger partial charge in [0.25, 0.3) is 0 Å². The zero-order valence-corrected chi connectivity index (χ0v) is 19.0. The predicted molar refractivity (Wildman–Crippen MR) is 114 cm³/mol. The summed E-state index contributed by atoms with van der Waals surface area (Å²) in [5.74, 6) is 1.02. The molecule has 1 rings (SSSR count). The summed E-state index contributed by atoms with van der Waals surface area (Å²) in [6, 6.07) is 0. The quantitative estimate of drug-likeness (QED) is 0.541. The van der Waals surface area contributed by atoms with E-state index >= 15 is 0 Å². The molecule has 0 aromatic rings. The largest absolute Gasteiger partial charge is 0.444 e.